The Bertz CT molecular complexity index is 823. The van der Waals surface area contributed by atoms with E-state index in [9.17, 15) is 13.2 Å². The molecule has 3 rings (SSSR count). The molecule has 2 fully saturated rings. The predicted molar refractivity (Wildman–Crippen MR) is 101 cm³/mol. The second-order valence-corrected chi connectivity index (χ2v) is 9.62. The molecular formula is C18H28N4O3S. The molecule has 1 aromatic rings. The van der Waals surface area contributed by atoms with Crippen molar-refractivity contribution in [3.05, 3.63) is 29.1 Å². The van der Waals surface area contributed by atoms with Gasteiger partial charge in [-0.05, 0) is 27.7 Å². The number of aryl methyl sites for hydroxylation is 2. The lowest BCUT2D eigenvalue weighted by Crippen LogP contribution is -2.60. The molecule has 7 nitrogen and oxygen atoms in total. The molecule has 0 radical (unpaired) electrons. The van der Waals surface area contributed by atoms with Gasteiger partial charge in [0.05, 0.1) is 28.8 Å². The van der Waals surface area contributed by atoms with E-state index in [0.717, 1.165) is 6.54 Å². The number of allylic oxidation sites excluding steroid dienone is 1. The van der Waals surface area contributed by atoms with Gasteiger partial charge < -0.3 is 4.90 Å². The maximum Gasteiger partial charge on any atom is 0.257 e. The van der Waals surface area contributed by atoms with E-state index in [1.165, 1.54) is 5.57 Å². The molecule has 2 saturated heterocycles. The van der Waals surface area contributed by atoms with Gasteiger partial charge in [0.15, 0.2) is 9.84 Å². The van der Waals surface area contributed by atoms with E-state index in [4.69, 9.17) is 0 Å². The highest BCUT2D eigenvalue weighted by Crippen LogP contribution is 2.28. The van der Waals surface area contributed by atoms with Crippen LogP contribution >= 0.6 is 0 Å². The minimum absolute atomic E-state index is 0.0513. The Balaban J connectivity index is 1.86. The Kier molecular flexibility index (Phi) is 5.25. The van der Waals surface area contributed by atoms with E-state index < -0.39 is 9.84 Å². The molecular weight excluding hydrogens is 352 g/mol. The van der Waals surface area contributed by atoms with Gasteiger partial charge >= 0.3 is 0 Å². The predicted octanol–water partition coefficient (Wildman–Crippen LogP) is 1.10. The van der Waals surface area contributed by atoms with Gasteiger partial charge in [-0.1, -0.05) is 11.6 Å². The van der Waals surface area contributed by atoms with Crippen LogP contribution < -0.4 is 0 Å². The third-order valence-corrected chi connectivity index (χ3v) is 6.99. The van der Waals surface area contributed by atoms with Crippen molar-refractivity contribution < 1.29 is 13.2 Å². The summed E-state index contributed by atoms with van der Waals surface area (Å²) in [7, 11) is -3.14. The van der Waals surface area contributed by atoms with Gasteiger partial charge in [0.2, 0.25) is 0 Å². The highest BCUT2D eigenvalue weighted by Gasteiger charge is 2.48. The minimum atomic E-state index is -3.14. The number of aromatic nitrogens is 2. The molecule has 2 atom stereocenters. The van der Waals surface area contributed by atoms with E-state index in [2.05, 4.69) is 16.1 Å². The number of sulfone groups is 1. The molecule has 8 heteroatoms. The first-order chi connectivity index (χ1) is 12.2. The summed E-state index contributed by atoms with van der Waals surface area (Å²) in [6.07, 6.45) is 3.89. The standard InChI is InChI=1S/C18H28N4O3S/c1-5-21-10-15(14(4)19-21)18(23)22-9-8-20(7-6-13(2)3)16-11-26(24,25)12-17(16)22/h6,10,16-17H,5,7-9,11-12H2,1-4H3/t16-,17+/m0/s1. The molecule has 0 aliphatic carbocycles. The van der Waals surface area contributed by atoms with Crippen molar-refractivity contribution >= 4 is 15.7 Å². The van der Waals surface area contributed by atoms with Gasteiger partial charge in [-0.2, -0.15) is 5.10 Å². The van der Waals surface area contributed by atoms with Gasteiger partial charge in [0.25, 0.3) is 5.91 Å². The maximum absolute atomic E-state index is 13.1. The maximum atomic E-state index is 13.1. The van der Waals surface area contributed by atoms with E-state index in [0.29, 0.717) is 30.9 Å². The number of nitrogens with zero attached hydrogens (tertiary/aromatic N) is 4. The summed E-state index contributed by atoms with van der Waals surface area (Å²) in [5, 5.41) is 4.36. The van der Waals surface area contributed by atoms with Crippen molar-refractivity contribution in [2.75, 3.05) is 31.1 Å². The molecule has 0 spiro atoms. The number of fused-ring (bicyclic) bond motifs is 1. The van der Waals surface area contributed by atoms with E-state index in [1.54, 1.807) is 15.8 Å². The largest absolute Gasteiger partial charge is 0.332 e. The molecule has 1 aromatic heterocycles. The quantitative estimate of drug-likeness (QED) is 0.731. The number of carbonyl (C=O) groups excluding carboxylic acids is 1. The molecule has 144 valence electrons. The number of rotatable bonds is 4. The zero-order valence-electron chi connectivity index (χ0n) is 16.0. The molecule has 2 aliphatic heterocycles. The third kappa shape index (κ3) is 3.71. The number of hydrogen-bond donors (Lipinski definition) is 0. The number of carbonyl (C=O) groups is 1. The summed E-state index contributed by atoms with van der Waals surface area (Å²) < 4.78 is 26.4. The van der Waals surface area contributed by atoms with Gasteiger partial charge in [-0.15, -0.1) is 0 Å². The lowest BCUT2D eigenvalue weighted by molar-refractivity contribution is 0.0367. The minimum Gasteiger partial charge on any atom is -0.332 e. The second-order valence-electron chi connectivity index (χ2n) is 7.47. The van der Waals surface area contributed by atoms with Crippen molar-refractivity contribution in [3.8, 4) is 0 Å². The molecule has 0 bridgehead atoms. The third-order valence-electron chi connectivity index (χ3n) is 5.29. The Labute approximate surface area is 155 Å². The van der Waals surface area contributed by atoms with Crippen LogP contribution in [-0.2, 0) is 16.4 Å². The molecule has 0 unspecified atom stereocenters. The van der Waals surface area contributed by atoms with Crippen LogP contribution in [-0.4, -0.2) is 77.1 Å². The van der Waals surface area contributed by atoms with E-state index in [1.807, 2.05) is 27.7 Å². The number of piperazine rings is 1. The summed E-state index contributed by atoms with van der Waals surface area (Å²) in [6.45, 7) is 10.5. The highest BCUT2D eigenvalue weighted by molar-refractivity contribution is 7.91. The Hall–Kier alpha value is -1.67. The first-order valence-corrected chi connectivity index (χ1v) is 11.0. The fourth-order valence-corrected chi connectivity index (χ4v) is 5.86. The van der Waals surface area contributed by atoms with Crippen molar-refractivity contribution in [3.63, 3.8) is 0 Å². The van der Waals surface area contributed by atoms with Crippen molar-refractivity contribution in [2.24, 2.45) is 0 Å². The zero-order valence-corrected chi connectivity index (χ0v) is 16.8. The monoisotopic (exact) mass is 380 g/mol. The molecule has 26 heavy (non-hydrogen) atoms. The summed E-state index contributed by atoms with van der Waals surface area (Å²) >= 11 is 0. The average Bonchev–Trinajstić information content (AvgIpc) is 3.10. The lowest BCUT2D eigenvalue weighted by Gasteiger charge is -2.43. The first-order valence-electron chi connectivity index (χ1n) is 9.14. The lowest BCUT2D eigenvalue weighted by atomic mass is 10.0. The van der Waals surface area contributed by atoms with Crippen molar-refractivity contribution in [1.82, 2.24) is 19.6 Å². The zero-order chi connectivity index (χ0) is 19.1. The topological polar surface area (TPSA) is 75.5 Å². The molecule has 1 amide bonds. The molecule has 0 aromatic carbocycles. The Morgan fingerprint density at radius 2 is 1.96 bits per heavy atom. The average molecular weight is 381 g/mol. The van der Waals surface area contributed by atoms with E-state index in [-0.39, 0.29) is 29.5 Å². The van der Waals surface area contributed by atoms with Crippen LogP contribution in [0, 0.1) is 6.92 Å². The number of amides is 1. The highest BCUT2D eigenvalue weighted by atomic mass is 32.2. The van der Waals surface area contributed by atoms with Crippen LogP contribution in [0.1, 0.15) is 36.8 Å². The van der Waals surface area contributed by atoms with Crippen LogP contribution in [0.25, 0.3) is 0 Å². The molecule has 0 saturated carbocycles. The van der Waals surface area contributed by atoms with Crippen LogP contribution in [0.2, 0.25) is 0 Å². The Morgan fingerprint density at radius 1 is 1.27 bits per heavy atom. The summed E-state index contributed by atoms with van der Waals surface area (Å²) in [4.78, 5) is 17.1. The molecule has 2 aliphatic rings. The molecule has 3 heterocycles. The Morgan fingerprint density at radius 3 is 2.58 bits per heavy atom. The first kappa shape index (κ1) is 19.1. The number of hydrogen-bond acceptors (Lipinski definition) is 5. The van der Waals surface area contributed by atoms with E-state index >= 15 is 0 Å². The van der Waals surface area contributed by atoms with Gasteiger partial charge in [0.1, 0.15) is 0 Å². The fourth-order valence-electron chi connectivity index (χ4n) is 3.85. The second kappa shape index (κ2) is 7.15. The van der Waals surface area contributed by atoms with Gasteiger partial charge in [-0.3, -0.25) is 14.4 Å². The van der Waals surface area contributed by atoms with Crippen LogP contribution in [0.5, 0.6) is 0 Å². The van der Waals surface area contributed by atoms with Crippen LogP contribution in [0.4, 0.5) is 0 Å². The van der Waals surface area contributed by atoms with Crippen LogP contribution in [0.15, 0.2) is 17.8 Å². The van der Waals surface area contributed by atoms with Crippen LogP contribution in [0.3, 0.4) is 0 Å². The van der Waals surface area contributed by atoms with Crippen molar-refractivity contribution in [2.45, 2.75) is 46.3 Å². The summed E-state index contributed by atoms with van der Waals surface area (Å²) in [6, 6.07) is -0.411. The van der Waals surface area contributed by atoms with Crippen molar-refractivity contribution in [1.29, 1.82) is 0 Å². The SMILES string of the molecule is CCn1cc(C(=O)N2CCN(CC=C(C)C)[C@H]3CS(=O)(=O)C[C@H]32)c(C)n1. The normalized spacial score (nSPS) is 25.2. The van der Waals surface area contributed by atoms with Gasteiger partial charge in [-0.25, -0.2) is 8.42 Å². The smallest absolute Gasteiger partial charge is 0.257 e. The molecule has 0 N–H and O–H groups in total. The summed E-state index contributed by atoms with van der Waals surface area (Å²) in [5.41, 5.74) is 2.48. The van der Waals surface area contributed by atoms with Gasteiger partial charge in [0, 0.05) is 38.4 Å². The summed E-state index contributed by atoms with van der Waals surface area (Å²) in [5.74, 6) is 0.0807. The fraction of sp³-hybridized carbons (Fsp3) is 0.667.